The van der Waals surface area contributed by atoms with Gasteiger partial charge in [-0.25, -0.2) is 14.4 Å². The van der Waals surface area contributed by atoms with Crippen molar-refractivity contribution in [1.29, 1.82) is 0 Å². The van der Waals surface area contributed by atoms with Gasteiger partial charge in [0.2, 0.25) is 11.7 Å². The predicted molar refractivity (Wildman–Crippen MR) is 127 cm³/mol. The van der Waals surface area contributed by atoms with Gasteiger partial charge in [-0.1, -0.05) is 17.3 Å². The number of amidine groups is 1. The Morgan fingerprint density at radius 2 is 1.79 bits per heavy atom. The molecule has 4 bridgehead atoms. The number of aromatic nitrogens is 2. The van der Waals surface area contributed by atoms with E-state index in [2.05, 4.69) is 15.1 Å². The summed E-state index contributed by atoms with van der Waals surface area (Å²) < 4.78 is 59.4. The van der Waals surface area contributed by atoms with Crippen LogP contribution < -0.4 is 10.6 Å². The lowest BCUT2D eigenvalue weighted by molar-refractivity contribution is -0.213. The topological polar surface area (TPSA) is 114 Å². The van der Waals surface area contributed by atoms with Crippen LogP contribution in [0.1, 0.15) is 61.9 Å². The molecule has 8 rings (SSSR count). The monoisotopic (exact) mass is 533 g/mol. The minimum Gasteiger partial charge on any atom is -0.409 e. The number of anilines is 1. The van der Waals surface area contributed by atoms with Crippen LogP contribution in [0, 0.1) is 10.8 Å². The average Bonchev–Trinajstić information content (AvgIpc) is 2.89. The van der Waals surface area contributed by atoms with Crippen LogP contribution in [0.15, 0.2) is 41.8 Å². The van der Waals surface area contributed by atoms with E-state index in [9.17, 15) is 22.4 Å². The minimum absolute atomic E-state index is 0.0900. The number of amides is 1. The fraction of sp³-hybridized carbons (Fsp3) is 0.538. The molecule has 202 valence electrons. The molecular weight excluding hydrogens is 506 g/mol. The molecular formula is C26H27F4N5O3. The maximum atomic E-state index is 14.3. The molecule has 6 fully saturated rings. The Morgan fingerprint density at radius 1 is 1.13 bits per heavy atom. The fourth-order valence-electron chi connectivity index (χ4n) is 6.73. The SMILES string of the molecule is N/C(=N\O)c1cccc(N(CC23CCC(c4cnc(C(F)(F)F)nc4)(CC2)OC3)C(=O)C23CC(F)(C2)C3)c1. The number of carbonyl (C=O) groups is 1. The summed E-state index contributed by atoms with van der Waals surface area (Å²) in [6.07, 6.45) is 0.876. The molecule has 1 amide bonds. The molecule has 38 heavy (non-hydrogen) atoms. The summed E-state index contributed by atoms with van der Waals surface area (Å²) in [5.41, 5.74) is 4.24. The maximum absolute atomic E-state index is 14.3. The van der Waals surface area contributed by atoms with Gasteiger partial charge in [0.15, 0.2) is 5.84 Å². The van der Waals surface area contributed by atoms with Crippen LogP contribution in [0.2, 0.25) is 0 Å². The second-order valence-corrected chi connectivity index (χ2v) is 11.5. The Bertz CT molecular complexity index is 1270. The van der Waals surface area contributed by atoms with Gasteiger partial charge < -0.3 is 20.6 Å². The van der Waals surface area contributed by atoms with Gasteiger partial charge in [0, 0.05) is 41.2 Å². The Labute approximate surface area is 215 Å². The van der Waals surface area contributed by atoms with Crippen LogP contribution >= 0.6 is 0 Å². The summed E-state index contributed by atoms with van der Waals surface area (Å²) >= 11 is 0. The zero-order valence-corrected chi connectivity index (χ0v) is 20.5. The largest absolute Gasteiger partial charge is 0.451 e. The minimum atomic E-state index is -4.62. The Morgan fingerprint density at radius 3 is 2.32 bits per heavy atom. The maximum Gasteiger partial charge on any atom is 0.451 e. The zero-order valence-electron chi connectivity index (χ0n) is 20.5. The van der Waals surface area contributed by atoms with Crippen molar-refractivity contribution >= 4 is 17.4 Å². The number of carbonyl (C=O) groups excluding carboxylic acids is 1. The molecule has 1 aromatic heterocycles. The second-order valence-electron chi connectivity index (χ2n) is 11.5. The molecule has 12 heteroatoms. The Balaban J connectivity index is 1.25. The van der Waals surface area contributed by atoms with Gasteiger partial charge in [0.05, 0.1) is 17.6 Å². The van der Waals surface area contributed by atoms with Crippen molar-refractivity contribution in [3.8, 4) is 0 Å². The molecule has 2 aliphatic heterocycles. The molecule has 2 aromatic rings. The van der Waals surface area contributed by atoms with Crippen molar-refractivity contribution in [1.82, 2.24) is 9.97 Å². The number of alkyl halides is 4. The van der Waals surface area contributed by atoms with Crippen molar-refractivity contribution in [2.24, 2.45) is 21.7 Å². The van der Waals surface area contributed by atoms with E-state index in [1.807, 2.05) is 0 Å². The lowest BCUT2D eigenvalue weighted by Crippen LogP contribution is -2.71. The van der Waals surface area contributed by atoms with Crippen LogP contribution in [-0.4, -0.2) is 45.7 Å². The summed E-state index contributed by atoms with van der Waals surface area (Å²) in [4.78, 5) is 22.5. The van der Waals surface area contributed by atoms with Gasteiger partial charge >= 0.3 is 6.18 Å². The third kappa shape index (κ3) is 3.83. The van der Waals surface area contributed by atoms with E-state index < -0.39 is 28.7 Å². The highest BCUT2D eigenvalue weighted by Gasteiger charge is 2.73. The van der Waals surface area contributed by atoms with Gasteiger partial charge in [-0.05, 0) is 57.1 Å². The fourth-order valence-corrected chi connectivity index (χ4v) is 6.73. The summed E-state index contributed by atoms with van der Waals surface area (Å²) in [5, 5.41) is 12.2. The summed E-state index contributed by atoms with van der Waals surface area (Å²) in [6, 6.07) is 6.83. The molecule has 3 heterocycles. The highest BCUT2D eigenvalue weighted by molar-refractivity contribution is 6.02. The van der Waals surface area contributed by atoms with Crippen LogP contribution in [-0.2, 0) is 21.3 Å². The number of halogens is 4. The molecule has 0 unspecified atom stereocenters. The summed E-state index contributed by atoms with van der Waals surface area (Å²) in [5.74, 6) is -1.42. The number of nitrogens with two attached hydrogens (primary N) is 1. The standard InChI is InChI=1S/C26H27F4N5O3/c27-24-11-23(12-24,13-24)21(36)35(18-3-1-2-16(8-18)19(31)34-37)14-22-4-6-25(7-5-22,38-15-22)17-9-32-20(33-10-17)26(28,29)30/h1-3,8-10,37H,4-7,11-15H2,(H2,31,34). The van der Waals surface area contributed by atoms with Crippen LogP contribution in [0.3, 0.4) is 0 Å². The van der Waals surface area contributed by atoms with Gasteiger partial charge in [0.25, 0.3) is 0 Å². The molecule has 0 spiro atoms. The van der Waals surface area contributed by atoms with Gasteiger partial charge in [-0.3, -0.25) is 4.79 Å². The van der Waals surface area contributed by atoms with Gasteiger partial charge in [-0.2, -0.15) is 13.2 Å². The van der Waals surface area contributed by atoms with Crippen molar-refractivity contribution in [3.05, 3.63) is 53.6 Å². The molecule has 8 nitrogen and oxygen atoms in total. The van der Waals surface area contributed by atoms with Crippen molar-refractivity contribution in [2.75, 3.05) is 18.1 Å². The first-order valence-electron chi connectivity index (χ1n) is 12.5. The number of rotatable bonds is 6. The van der Waals surface area contributed by atoms with Crippen LogP contribution in [0.4, 0.5) is 23.2 Å². The first-order valence-corrected chi connectivity index (χ1v) is 12.5. The first kappa shape index (κ1) is 25.0. The molecule has 2 saturated heterocycles. The van der Waals surface area contributed by atoms with E-state index in [4.69, 9.17) is 15.7 Å². The lowest BCUT2D eigenvalue weighted by atomic mass is 9.41. The number of oxime groups is 1. The average molecular weight is 534 g/mol. The number of hydrogen-bond acceptors (Lipinski definition) is 6. The number of nitrogens with zero attached hydrogens (tertiary/aromatic N) is 4. The van der Waals surface area contributed by atoms with Gasteiger partial charge in [0.1, 0.15) is 5.67 Å². The first-order chi connectivity index (χ1) is 17.9. The van der Waals surface area contributed by atoms with E-state index >= 15 is 0 Å². The third-order valence-corrected chi connectivity index (χ3v) is 8.92. The van der Waals surface area contributed by atoms with Crippen molar-refractivity contribution < 1.29 is 32.3 Å². The zero-order chi connectivity index (χ0) is 27.0. The van der Waals surface area contributed by atoms with Crippen molar-refractivity contribution in [3.63, 3.8) is 0 Å². The van der Waals surface area contributed by atoms with E-state index in [1.165, 1.54) is 12.4 Å². The Hall–Kier alpha value is -3.28. The van der Waals surface area contributed by atoms with E-state index in [0.29, 0.717) is 55.6 Å². The Kier molecular flexibility index (Phi) is 5.34. The molecule has 1 aromatic carbocycles. The second kappa shape index (κ2) is 8.11. The quantitative estimate of drug-likeness (QED) is 0.188. The number of hydrogen-bond donors (Lipinski definition) is 2. The molecule has 6 aliphatic rings. The number of benzene rings is 1. The van der Waals surface area contributed by atoms with E-state index in [0.717, 1.165) is 0 Å². The molecule has 0 radical (unpaired) electrons. The van der Waals surface area contributed by atoms with Crippen LogP contribution in [0.5, 0.6) is 0 Å². The summed E-state index contributed by atoms with van der Waals surface area (Å²) in [7, 11) is 0. The number of fused-ring (bicyclic) bond motifs is 3. The molecule has 4 aliphatic carbocycles. The smallest absolute Gasteiger partial charge is 0.409 e. The van der Waals surface area contributed by atoms with E-state index in [1.54, 1.807) is 29.2 Å². The van der Waals surface area contributed by atoms with Crippen LogP contribution in [0.25, 0.3) is 0 Å². The molecule has 0 atom stereocenters. The third-order valence-electron chi connectivity index (χ3n) is 8.92. The van der Waals surface area contributed by atoms with Gasteiger partial charge in [-0.15, -0.1) is 0 Å². The predicted octanol–water partition coefficient (Wildman–Crippen LogP) is 4.30. The van der Waals surface area contributed by atoms with E-state index in [-0.39, 0.29) is 36.4 Å². The molecule has 3 N–H and O–H groups in total. The van der Waals surface area contributed by atoms with Crippen molar-refractivity contribution in [2.45, 2.75) is 62.4 Å². The molecule has 4 saturated carbocycles. The highest BCUT2D eigenvalue weighted by atomic mass is 19.4. The normalized spacial score (nSPS) is 33.8. The lowest BCUT2D eigenvalue weighted by Gasteiger charge is -2.65. The summed E-state index contributed by atoms with van der Waals surface area (Å²) in [6.45, 7) is 0.643. The highest BCUT2D eigenvalue weighted by Crippen LogP contribution is 2.70. The number of ether oxygens (including phenoxy) is 1.